The van der Waals surface area contributed by atoms with Gasteiger partial charge in [0.15, 0.2) is 5.13 Å². The van der Waals surface area contributed by atoms with Gasteiger partial charge >= 0.3 is 5.00 Å². The number of nitrogens with zero attached hydrogens (tertiary/aromatic N) is 2. The fourth-order valence-corrected chi connectivity index (χ4v) is 2.76. The average Bonchev–Trinajstić information content (AvgIpc) is 3.03. The minimum Gasteiger partial charge on any atom is -0.495 e. The number of rotatable bonds is 4. The minimum absolute atomic E-state index is 0.0387. The third-order valence-corrected chi connectivity index (χ3v) is 4.10. The van der Waals surface area contributed by atoms with E-state index in [1.807, 2.05) is 0 Å². The van der Waals surface area contributed by atoms with Crippen molar-refractivity contribution >= 4 is 38.3 Å². The topological polar surface area (TPSA) is 127 Å². The van der Waals surface area contributed by atoms with E-state index in [1.54, 1.807) is 18.2 Å². The lowest BCUT2D eigenvalue weighted by Gasteiger charge is -2.06. The van der Waals surface area contributed by atoms with Gasteiger partial charge in [-0.05, 0) is 23.5 Å². The maximum absolute atomic E-state index is 12.5. The zero-order valence-corrected chi connectivity index (χ0v) is 13.0. The first-order valence-electron chi connectivity index (χ1n) is 6.61. The van der Waals surface area contributed by atoms with Gasteiger partial charge in [0, 0.05) is 6.20 Å². The summed E-state index contributed by atoms with van der Waals surface area (Å²) in [5.41, 5.74) is -0.133. The van der Waals surface area contributed by atoms with Gasteiger partial charge in [0.25, 0.3) is 5.91 Å². The number of ether oxygens (including phenoxy) is 1. The van der Waals surface area contributed by atoms with E-state index in [4.69, 9.17) is 4.74 Å². The van der Waals surface area contributed by atoms with Gasteiger partial charge in [0.2, 0.25) is 5.43 Å². The number of anilines is 1. The number of amides is 1. The molecule has 0 aliphatic rings. The van der Waals surface area contributed by atoms with Crippen LogP contribution in [0.4, 0.5) is 10.1 Å². The van der Waals surface area contributed by atoms with Gasteiger partial charge in [-0.15, -0.1) is 0 Å². The number of methoxy groups -OCH3 is 1. The normalized spacial score (nSPS) is 10.5. The van der Waals surface area contributed by atoms with E-state index in [-0.39, 0.29) is 15.7 Å². The first-order valence-corrected chi connectivity index (χ1v) is 7.43. The number of hydrogen-bond donors (Lipinski definition) is 2. The molecule has 0 radical (unpaired) electrons. The first kappa shape index (κ1) is 15.6. The van der Waals surface area contributed by atoms with Gasteiger partial charge in [-0.25, -0.2) is 4.98 Å². The largest absolute Gasteiger partial charge is 0.495 e. The van der Waals surface area contributed by atoms with Crippen LogP contribution >= 0.6 is 11.3 Å². The second kappa shape index (κ2) is 6.08. The van der Waals surface area contributed by atoms with Gasteiger partial charge in [-0.1, -0.05) is 6.07 Å². The highest BCUT2D eigenvalue weighted by Gasteiger charge is 2.18. The molecule has 1 amide bonds. The van der Waals surface area contributed by atoms with Crippen LogP contribution < -0.4 is 15.5 Å². The van der Waals surface area contributed by atoms with Crippen molar-refractivity contribution in [3.8, 4) is 5.75 Å². The molecule has 0 fully saturated rings. The molecule has 0 aliphatic carbocycles. The number of carbonyl (C=O) groups is 1. The van der Waals surface area contributed by atoms with Gasteiger partial charge in [-0.3, -0.25) is 25.0 Å². The molecule has 122 valence electrons. The van der Waals surface area contributed by atoms with Crippen LogP contribution in [0.5, 0.6) is 5.75 Å². The number of aromatic amines is 1. The van der Waals surface area contributed by atoms with Crippen LogP contribution in [0.1, 0.15) is 10.4 Å². The number of H-pyrrole nitrogens is 1. The molecule has 0 unspecified atom stereocenters. The molecule has 3 rings (SSSR count). The molecule has 2 N–H and O–H groups in total. The monoisotopic (exact) mass is 346 g/mol. The molecule has 10 heteroatoms. The zero-order chi connectivity index (χ0) is 17.3. The molecular weight excluding hydrogens is 336 g/mol. The Kier molecular flexibility index (Phi) is 3.96. The Labute approximate surface area is 138 Å². The summed E-state index contributed by atoms with van der Waals surface area (Å²) in [6.45, 7) is 0. The second-order valence-electron chi connectivity index (χ2n) is 4.63. The Morgan fingerprint density at radius 3 is 2.92 bits per heavy atom. The van der Waals surface area contributed by atoms with E-state index in [0.717, 1.165) is 6.20 Å². The molecule has 0 saturated carbocycles. The molecule has 0 aliphatic heterocycles. The Hall–Kier alpha value is -3.27. The van der Waals surface area contributed by atoms with E-state index in [9.17, 15) is 19.7 Å². The standard InChI is InChI=1S/C14H10N4O5S/c1-23-9-4-2-3-7-11(9)15-5-8(12(7)19)13(20)17-14-16-6-10(24-14)18(21)22/h2-6H,1H3,(H,15,19)(H,16,17,20). The number of carbonyl (C=O) groups excluding carboxylic acids is 1. The van der Waals surface area contributed by atoms with E-state index in [0.29, 0.717) is 28.0 Å². The molecule has 24 heavy (non-hydrogen) atoms. The minimum atomic E-state index is -0.704. The molecular formula is C14H10N4O5S. The Morgan fingerprint density at radius 1 is 1.46 bits per heavy atom. The third kappa shape index (κ3) is 2.70. The van der Waals surface area contributed by atoms with Crippen molar-refractivity contribution in [2.24, 2.45) is 0 Å². The van der Waals surface area contributed by atoms with Crippen molar-refractivity contribution < 1.29 is 14.5 Å². The lowest BCUT2D eigenvalue weighted by molar-refractivity contribution is -0.380. The number of aromatic nitrogens is 2. The van der Waals surface area contributed by atoms with Gasteiger partial charge < -0.3 is 9.72 Å². The number of thiazole rings is 1. The number of hydrogen-bond acceptors (Lipinski definition) is 7. The van der Waals surface area contributed by atoms with Gasteiger partial charge in [0.05, 0.1) is 22.9 Å². The molecule has 1 aromatic carbocycles. The molecule has 3 aromatic rings. The highest BCUT2D eigenvalue weighted by Crippen LogP contribution is 2.25. The fraction of sp³-hybridized carbons (Fsp3) is 0.0714. The van der Waals surface area contributed by atoms with Crippen molar-refractivity contribution in [1.29, 1.82) is 0 Å². The van der Waals surface area contributed by atoms with Crippen molar-refractivity contribution in [1.82, 2.24) is 9.97 Å². The molecule has 2 heterocycles. The number of nitro groups is 1. The van der Waals surface area contributed by atoms with Gasteiger partial charge in [-0.2, -0.15) is 0 Å². The summed E-state index contributed by atoms with van der Waals surface area (Å²) in [5.74, 6) is -0.225. The highest BCUT2D eigenvalue weighted by molar-refractivity contribution is 7.18. The molecule has 0 bridgehead atoms. The smallest absolute Gasteiger partial charge is 0.345 e. The van der Waals surface area contributed by atoms with E-state index in [2.05, 4.69) is 15.3 Å². The number of para-hydroxylation sites is 1. The lowest BCUT2D eigenvalue weighted by Crippen LogP contribution is -2.21. The maximum atomic E-state index is 12.5. The summed E-state index contributed by atoms with van der Waals surface area (Å²) in [5, 5.41) is 13.1. The molecule has 9 nitrogen and oxygen atoms in total. The van der Waals surface area contributed by atoms with Crippen LogP contribution in [0.3, 0.4) is 0 Å². The predicted octanol–water partition coefficient (Wildman–Crippen LogP) is 2.15. The summed E-state index contributed by atoms with van der Waals surface area (Å²) >= 11 is 0.705. The molecule has 0 atom stereocenters. The second-order valence-corrected chi connectivity index (χ2v) is 5.64. The van der Waals surface area contributed by atoms with Crippen LogP contribution in [0.25, 0.3) is 10.9 Å². The first-order chi connectivity index (χ1) is 11.5. The molecule has 0 saturated heterocycles. The van der Waals surface area contributed by atoms with E-state index >= 15 is 0 Å². The summed E-state index contributed by atoms with van der Waals surface area (Å²) in [7, 11) is 1.48. The summed E-state index contributed by atoms with van der Waals surface area (Å²) in [6.07, 6.45) is 2.31. The van der Waals surface area contributed by atoms with Crippen LogP contribution in [0, 0.1) is 10.1 Å². The quantitative estimate of drug-likeness (QED) is 0.550. The van der Waals surface area contributed by atoms with Crippen molar-refractivity contribution in [2.45, 2.75) is 0 Å². The molecule has 0 spiro atoms. The van der Waals surface area contributed by atoms with Crippen molar-refractivity contribution in [3.05, 3.63) is 56.5 Å². The van der Waals surface area contributed by atoms with Crippen LogP contribution in [-0.4, -0.2) is 27.9 Å². The SMILES string of the molecule is COc1cccc2c(=O)c(C(=O)Nc3ncc([N+](=O)[O-])s3)c[nH]c12. The molecule has 2 aromatic heterocycles. The number of benzene rings is 1. The Bertz CT molecular complexity index is 1010. The van der Waals surface area contributed by atoms with E-state index in [1.165, 1.54) is 13.3 Å². The summed E-state index contributed by atoms with van der Waals surface area (Å²) in [6, 6.07) is 4.90. The third-order valence-electron chi connectivity index (χ3n) is 3.23. The number of fused-ring (bicyclic) bond motifs is 1. The number of pyridine rings is 1. The summed E-state index contributed by atoms with van der Waals surface area (Å²) in [4.78, 5) is 41.3. The Balaban J connectivity index is 1.96. The predicted molar refractivity (Wildman–Crippen MR) is 87.8 cm³/mol. The van der Waals surface area contributed by atoms with Crippen LogP contribution in [0.2, 0.25) is 0 Å². The average molecular weight is 346 g/mol. The highest BCUT2D eigenvalue weighted by atomic mass is 32.1. The van der Waals surface area contributed by atoms with Crippen molar-refractivity contribution in [2.75, 3.05) is 12.4 Å². The maximum Gasteiger partial charge on any atom is 0.345 e. The van der Waals surface area contributed by atoms with E-state index < -0.39 is 16.3 Å². The Morgan fingerprint density at radius 2 is 2.25 bits per heavy atom. The summed E-state index contributed by atoms with van der Waals surface area (Å²) < 4.78 is 5.16. The van der Waals surface area contributed by atoms with Crippen LogP contribution in [0.15, 0.2) is 35.4 Å². The lowest BCUT2D eigenvalue weighted by atomic mass is 10.1. The number of nitrogens with one attached hydrogen (secondary N) is 2. The van der Waals surface area contributed by atoms with Gasteiger partial charge in [0.1, 0.15) is 17.5 Å². The fourth-order valence-electron chi connectivity index (χ4n) is 2.14. The van der Waals surface area contributed by atoms with Crippen LogP contribution in [-0.2, 0) is 0 Å². The van der Waals surface area contributed by atoms with Crippen molar-refractivity contribution in [3.63, 3.8) is 0 Å². The zero-order valence-electron chi connectivity index (χ0n) is 12.2.